The highest BCUT2D eigenvalue weighted by Crippen LogP contribution is 2.28. The normalized spacial score (nSPS) is 24.2. The van der Waals surface area contributed by atoms with Crippen molar-refractivity contribution in [1.82, 2.24) is 14.8 Å². The van der Waals surface area contributed by atoms with Crippen LogP contribution in [0, 0.1) is 11.8 Å². The second-order valence-electron chi connectivity index (χ2n) is 8.98. The van der Waals surface area contributed by atoms with E-state index >= 15 is 0 Å². The Kier molecular flexibility index (Phi) is 10.7. The number of aromatic nitrogens is 3. The maximum atomic E-state index is 12.6. The third kappa shape index (κ3) is 6.91. The van der Waals surface area contributed by atoms with Gasteiger partial charge in [0.05, 0.1) is 18.3 Å². The number of rotatable bonds is 13. The van der Waals surface area contributed by atoms with Crippen LogP contribution in [0.25, 0.3) is 0 Å². The predicted octanol–water partition coefficient (Wildman–Crippen LogP) is 0.502. The Morgan fingerprint density at radius 3 is 2.41 bits per heavy atom. The zero-order valence-corrected chi connectivity index (χ0v) is 20.4. The lowest BCUT2D eigenvalue weighted by molar-refractivity contribution is -0.153. The van der Waals surface area contributed by atoms with Crippen LogP contribution in [0.5, 0.6) is 0 Å². The van der Waals surface area contributed by atoms with Crippen LogP contribution in [0.15, 0.2) is 11.0 Å². The van der Waals surface area contributed by atoms with E-state index in [1.54, 1.807) is 0 Å². The highest BCUT2D eigenvalue weighted by molar-refractivity contribution is 5.82. The maximum Gasteiger partial charge on any atom is 0.366 e. The number of carbonyl (C=O) groups is 2. The molecule has 1 unspecified atom stereocenters. The minimum absolute atomic E-state index is 0.000532. The van der Waals surface area contributed by atoms with Gasteiger partial charge >= 0.3 is 11.7 Å². The molecule has 0 aliphatic carbocycles. The van der Waals surface area contributed by atoms with Crippen molar-refractivity contribution < 1.29 is 29.3 Å². The predicted molar refractivity (Wildman–Crippen MR) is 123 cm³/mol. The lowest BCUT2D eigenvalue weighted by Crippen LogP contribution is -2.41. The van der Waals surface area contributed by atoms with Gasteiger partial charge < -0.3 is 25.4 Å². The minimum Gasteiger partial charge on any atom is -0.462 e. The number of esters is 1. The van der Waals surface area contributed by atoms with Gasteiger partial charge in [-0.1, -0.05) is 47.0 Å². The number of ether oxygens (including phenoxy) is 2. The van der Waals surface area contributed by atoms with Gasteiger partial charge in [0.1, 0.15) is 36.7 Å². The molecule has 2 heterocycles. The molecule has 1 aliphatic rings. The summed E-state index contributed by atoms with van der Waals surface area (Å²) in [4.78, 5) is 41.2. The van der Waals surface area contributed by atoms with E-state index in [2.05, 4.69) is 10.1 Å². The lowest BCUT2D eigenvalue weighted by atomic mass is 9.91. The average molecular weight is 483 g/mol. The fourth-order valence-corrected chi connectivity index (χ4v) is 3.94. The number of hydrogen-bond donors (Lipinski definition) is 3. The molecule has 0 aromatic carbocycles. The van der Waals surface area contributed by atoms with Crippen LogP contribution in [-0.2, 0) is 25.5 Å². The third-order valence-electron chi connectivity index (χ3n) is 6.35. The van der Waals surface area contributed by atoms with Crippen molar-refractivity contribution in [2.75, 3.05) is 6.61 Å². The molecule has 1 aromatic rings. The first-order valence-corrected chi connectivity index (χ1v) is 12.1. The standard InChI is InChI=1S/C23H38N4O7/c1-5-8-14(9-6-2)16(28)10-15-11-25-27(23(32)26-15)21-20(30)19(29)17(34-21)12-33-22(31)18(24)13(4)7-3/h11,13-14,17-21,29-30H,5-10,12,24H2,1-4H3/t13-,17+,18-,19?,20-,21+/m0/s1. The fraction of sp³-hybridized carbons (Fsp3) is 0.783. The molecule has 6 atom stereocenters. The summed E-state index contributed by atoms with van der Waals surface area (Å²) < 4.78 is 11.5. The third-order valence-corrected chi connectivity index (χ3v) is 6.35. The highest BCUT2D eigenvalue weighted by atomic mass is 16.6. The topological polar surface area (TPSA) is 167 Å². The summed E-state index contributed by atoms with van der Waals surface area (Å²) in [5.41, 5.74) is 5.26. The summed E-state index contributed by atoms with van der Waals surface area (Å²) in [6, 6.07) is -0.817. The molecule has 0 amide bonds. The summed E-state index contributed by atoms with van der Waals surface area (Å²) >= 11 is 0. The molecule has 0 saturated carbocycles. The first-order valence-electron chi connectivity index (χ1n) is 12.1. The van der Waals surface area contributed by atoms with Crippen LogP contribution in [0.2, 0.25) is 0 Å². The second kappa shape index (κ2) is 13.0. The Hall–Kier alpha value is -2.21. The van der Waals surface area contributed by atoms with Crippen LogP contribution in [0.1, 0.15) is 71.7 Å². The Balaban J connectivity index is 2.05. The van der Waals surface area contributed by atoms with Crippen LogP contribution >= 0.6 is 0 Å². The Labute approximate surface area is 199 Å². The van der Waals surface area contributed by atoms with E-state index in [-0.39, 0.29) is 36.3 Å². The first-order chi connectivity index (χ1) is 16.1. The molecule has 1 aromatic heterocycles. The average Bonchev–Trinajstić information content (AvgIpc) is 3.09. The van der Waals surface area contributed by atoms with Crippen LogP contribution in [0.3, 0.4) is 0 Å². The van der Waals surface area contributed by atoms with Gasteiger partial charge in [-0.25, -0.2) is 4.79 Å². The van der Waals surface area contributed by atoms with Crippen LogP contribution < -0.4 is 11.4 Å². The van der Waals surface area contributed by atoms with Gasteiger partial charge in [-0.3, -0.25) is 9.59 Å². The summed E-state index contributed by atoms with van der Waals surface area (Å²) in [6.45, 7) is 7.42. The van der Waals surface area contributed by atoms with Crippen molar-refractivity contribution >= 4 is 11.8 Å². The lowest BCUT2D eigenvalue weighted by Gasteiger charge is -2.19. The van der Waals surface area contributed by atoms with E-state index in [1.165, 1.54) is 6.20 Å². The summed E-state index contributed by atoms with van der Waals surface area (Å²) in [6.07, 6.45) is 0.0192. The number of nitrogens with two attached hydrogens (primary N) is 1. The molecule has 4 N–H and O–H groups in total. The number of carbonyl (C=O) groups excluding carboxylic acids is 2. The van der Waals surface area contributed by atoms with Crippen molar-refractivity contribution in [1.29, 1.82) is 0 Å². The molecule has 0 spiro atoms. The van der Waals surface area contributed by atoms with Crippen molar-refractivity contribution in [3.63, 3.8) is 0 Å². The molecule has 2 rings (SSSR count). The van der Waals surface area contributed by atoms with Gasteiger partial charge in [0.2, 0.25) is 0 Å². The van der Waals surface area contributed by atoms with E-state index in [0.717, 1.165) is 30.4 Å². The summed E-state index contributed by atoms with van der Waals surface area (Å²) in [5.74, 6) is -0.788. The van der Waals surface area contributed by atoms with Gasteiger partial charge in [0.15, 0.2) is 6.23 Å². The number of aliphatic hydroxyl groups is 2. The maximum absolute atomic E-state index is 12.6. The molecule has 34 heavy (non-hydrogen) atoms. The van der Waals surface area contributed by atoms with Crippen LogP contribution in [-0.4, -0.2) is 67.7 Å². The quantitative estimate of drug-likeness (QED) is 0.337. The monoisotopic (exact) mass is 482 g/mol. The Morgan fingerprint density at radius 1 is 1.21 bits per heavy atom. The van der Waals surface area contributed by atoms with Gasteiger partial charge in [0, 0.05) is 5.92 Å². The van der Waals surface area contributed by atoms with Crippen molar-refractivity contribution in [2.24, 2.45) is 17.6 Å². The van der Waals surface area contributed by atoms with Gasteiger partial charge in [0.25, 0.3) is 0 Å². The van der Waals surface area contributed by atoms with Gasteiger partial charge in [-0.15, -0.1) is 0 Å². The molecule has 11 nitrogen and oxygen atoms in total. The van der Waals surface area contributed by atoms with Crippen LogP contribution in [0.4, 0.5) is 0 Å². The highest BCUT2D eigenvalue weighted by Gasteiger charge is 2.45. The smallest absolute Gasteiger partial charge is 0.366 e. The summed E-state index contributed by atoms with van der Waals surface area (Å²) in [7, 11) is 0. The fourth-order valence-electron chi connectivity index (χ4n) is 3.94. The number of Topliss-reactive ketones (excluding diaryl/α,β-unsaturated/α-hetero) is 1. The van der Waals surface area contributed by atoms with Gasteiger partial charge in [-0.2, -0.15) is 14.8 Å². The van der Waals surface area contributed by atoms with Gasteiger partial charge in [-0.05, 0) is 18.8 Å². The van der Waals surface area contributed by atoms with E-state index in [4.69, 9.17) is 15.2 Å². The van der Waals surface area contributed by atoms with E-state index in [0.29, 0.717) is 6.42 Å². The zero-order valence-electron chi connectivity index (χ0n) is 20.4. The molecular formula is C23H38N4O7. The molecule has 11 heteroatoms. The number of hydrogen-bond acceptors (Lipinski definition) is 10. The van der Waals surface area contributed by atoms with Crippen molar-refractivity contribution in [3.05, 3.63) is 22.4 Å². The number of nitrogens with zero attached hydrogens (tertiary/aromatic N) is 3. The zero-order chi connectivity index (χ0) is 25.4. The summed E-state index contributed by atoms with van der Waals surface area (Å²) in [5, 5.41) is 24.7. The largest absolute Gasteiger partial charge is 0.462 e. The molecule has 0 radical (unpaired) electrons. The second-order valence-corrected chi connectivity index (χ2v) is 8.98. The molecule has 1 saturated heterocycles. The number of ketones is 1. The molecule has 0 bridgehead atoms. The SMILES string of the molecule is CCCC(CCC)C(=O)Cc1cnn([C@@H]2O[C@H](COC(=O)[C@@H](N)[C@@H](C)CC)C(O)[C@@H]2O)c(=O)n1. The van der Waals surface area contributed by atoms with Crippen molar-refractivity contribution in [2.45, 2.75) is 96.8 Å². The first kappa shape index (κ1) is 28.0. The molecule has 1 fully saturated rings. The molecule has 192 valence electrons. The van der Waals surface area contributed by atoms with Crippen molar-refractivity contribution in [3.8, 4) is 0 Å². The molecule has 1 aliphatic heterocycles. The minimum atomic E-state index is -1.50. The van der Waals surface area contributed by atoms with E-state index in [1.807, 2.05) is 27.7 Å². The Morgan fingerprint density at radius 2 is 1.85 bits per heavy atom. The number of aliphatic hydroxyl groups excluding tert-OH is 2. The van der Waals surface area contributed by atoms with E-state index < -0.39 is 42.2 Å². The molecular weight excluding hydrogens is 444 g/mol. The van der Waals surface area contributed by atoms with E-state index in [9.17, 15) is 24.6 Å². The Bertz CT molecular complexity index is 871.